The van der Waals surface area contributed by atoms with E-state index in [0.717, 1.165) is 5.56 Å². The average molecular weight is 430 g/mol. The van der Waals surface area contributed by atoms with Crippen LogP contribution in [0.5, 0.6) is 0 Å². The highest BCUT2D eigenvalue weighted by molar-refractivity contribution is 6.32. The van der Waals surface area contributed by atoms with Gasteiger partial charge < -0.3 is 10.1 Å². The number of carbonyl (C=O) groups is 2. The minimum atomic E-state index is -0.903. The Hall–Kier alpha value is -3.39. The summed E-state index contributed by atoms with van der Waals surface area (Å²) in [7, 11) is 0. The number of nitrogens with zero attached hydrogens (tertiary/aromatic N) is 2. The van der Waals surface area contributed by atoms with Gasteiger partial charge in [-0.25, -0.2) is 9.59 Å². The number of hydrogen-bond acceptors (Lipinski definition) is 5. The molecular weight excluding hydrogens is 410 g/mol. The molecule has 2 aromatic rings. The molecule has 0 saturated carbocycles. The molecule has 30 heavy (non-hydrogen) atoms. The summed E-state index contributed by atoms with van der Waals surface area (Å²) in [6.45, 7) is 3.75. The van der Waals surface area contributed by atoms with Crippen LogP contribution in [0.1, 0.15) is 31.0 Å². The fourth-order valence-electron chi connectivity index (χ4n) is 3.31. The van der Waals surface area contributed by atoms with Crippen molar-refractivity contribution in [1.82, 2.24) is 10.2 Å². The van der Waals surface area contributed by atoms with Crippen molar-refractivity contribution < 1.29 is 19.2 Å². The summed E-state index contributed by atoms with van der Waals surface area (Å²) in [5.74, 6) is -0.601. The number of halogens is 1. The first-order valence-corrected chi connectivity index (χ1v) is 9.65. The summed E-state index contributed by atoms with van der Waals surface area (Å²) >= 11 is 5.91. The van der Waals surface area contributed by atoms with E-state index in [1.807, 2.05) is 30.3 Å². The molecule has 0 bridgehead atoms. The quantitative estimate of drug-likeness (QED) is 0.417. The van der Waals surface area contributed by atoms with E-state index in [0.29, 0.717) is 11.3 Å². The molecule has 0 radical (unpaired) electrons. The molecule has 0 spiro atoms. The Morgan fingerprint density at radius 2 is 1.97 bits per heavy atom. The average Bonchev–Trinajstić information content (AvgIpc) is 2.71. The first kappa shape index (κ1) is 21.3. The summed E-state index contributed by atoms with van der Waals surface area (Å²) in [5.41, 5.74) is 1.57. The molecule has 1 unspecified atom stereocenters. The number of esters is 1. The summed E-state index contributed by atoms with van der Waals surface area (Å²) in [6, 6.07) is 12.2. The van der Waals surface area contributed by atoms with Crippen molar-refractivity contribution in [3.8, 4) is 0 Å². The zero-order valence-corrected chi connectivity index (χ0v) is 17.2. The van der Waals surface area contributed by atoms with Crippen LogP contribution >= 0.6 is 11.6 Å². The van der Waals surface area contributed by atoms with Crippen molar-refractivity contribution in [3.05, 3.63) is 86.1 Å². The molecule has 0 aromatic heterocycles. The Morgan fingerprint density at radius 3 is 2.60 bits per heavy atom. The van der Waals surface area contributed by atoms with Crippen LogP contribution in [-0.4, -0.2) is 28.4 Å². The zero-order chi connectivity index (χ0) is 21.8. The van der Waals surface area contributed by atoms with Crippen molar-refractivity contribution in [3.63, 3.8) is 0 Å². The monoisotopic (exact) mass is 429 g/mol. The van der Waals surface area contributed by atoms with Crippen molar-refractivity contribution in [2.24, 2.45) is 0 Å². The summed E-state index contributed by atoms with van der Waals surface area (Å²) in [6.07, 6.45) is 0. The van der Waals surface area contributed by atoms with Gasteiger partial charge in [0.2, 0.25) is 0 Å². The van der Waals surface area contributed by atoms with Gasteiger partial charge in [-0.2, -0.15) is 0 Å². The van der Waals surface area contributed by atoms with Crippen LogP contribution in [0.3, 0.4) is 0 Å². The molecule has 1 aliphatic rings. The summed E-state index contributed by atoms with van der Waals surface area (Å²) in [4.78, 5) is 37.8. The van der Waals surface area contributed by atoms with Gasteiger partial charge in [-0.3, -0.25) is 15.0 Å². The third kappa shape index (κ3) is 4.28. The van der Waals surface area contributed by atoms with E-state index in [1.54, 1.807) is 19.9 Å². The summed E-state index contributed by atoms with van der Waals surface area (Å²) in [5, 5.41) is 14.0. The van der Waals surface area contributed by atoms with E-state index in [9.17, 15) is 19.7 Å². The van der Waals surface area contributed by atoms with Crippen LogP contribution in [0.15, 0.2) is 59.8 Å². The van der Waals surface area contributed by atoms with E-state index in [4.69, 9.17) is 16.3 Å². The van der Waals surface area contributed by atoms with Crippen LogP contribution in [0.4, 0.5) is 10.5 Å². The van der Waals surface area contributed by atoms with Crippen molar-refractivity contribution >= 4 is 29.3 Å². The van der Waals surface area contributed by atoms with Gasteiger partial charge in [-0.05, 0) is 31.0 Å². The van der Waals surface area contributed by atoms with Gasteiger partial charge in [0.05, 0.1) is 29.7 Å². The Kier molecular flexibility index (Phi) is 6.37. The highest BCUT2D eigenvalue weighted by atomic mass is 35.5. The first-order chi connectivity index (χ1) is 14.3. The van der Waals surface area contributed by atoms with E-state index < -0.39 is 23.0 Å². The zero-order valence-electron chi connectivity index (χ0n) is 16.4. The van der Waals surface area contributed by atoms with E-state index in [1.165, 1.54) is 17.0 Å². The molecule has 1 atom stereocenters. The number of amides is 2. The maximum absolute atomic E-state index is 12.9. The smallest absolute Gasteiger partial charge is 0.338 e. The molecule has 2 aromatic carbocycles. The van der Waals surface area contributed by atoms with Crippen molar-refractivity contribution in [2.75, 3.05) is 6.61 Å². The highest BCUT2D eigenvalue weighted by Crippen LogP contribution is 2.35. The number of nitro benzene ring substituents is 1. The Bertz CT molecular complexity index is 1020. The molecule has 0 aliphatic carbocycles. The second-order valence-corrected chi connectivity index (χ2v) is 7.05. The van der Waals surface area contributed by atoms with Gasteiger partial charge >= 0.3 is 12.0 Å². The number of nitro groups is 1. The van der Waals surface area contributed by atoms with Gasteiger partial charge in [0, 0.05) is 11.8 Å². The molecular formula is C21H20ClN3O5. The van der Waals surface area contributed by atoms with Gasteiger partial charge in [0.1, 0.15) is 5.02 Å². The number of carbonyl (C=O) groups excluding carboxylic acids is 2. The number of ether oxygens (including phenoxy) is 1. The van der Waals surface area contributed by atoms with E-state index in [2.05, 4.69) is 5.32 Å². The number of allylic oxidation sites excluding steroid dienone is 1. The lowest BCUT2D eigenvalue weighted by atomic mass is 9.94. The molecule has 156 valence electrons. The van der Waals surface area contributed by atoms with Crippen LogP contribution in [-0.2, 0) is 16.1 Å². The number of benzene rings is 2. The number of hydrogen-bond donors (Lipinski definition) is 1. The number of rotatable bonds is 6. The second kappa shape index (κ2) is 8.96. The molecule has 1 aliphatic heterocycles. The molecule has 0 fully saturated rings. The predicted molar refractivity (Wildman–Crippen MR) is 111 cm³/mol. The third-order valence-electron chi connectivity index (χ3n) is 4.78. The standard InChI is InChI=1S/C21H20ClN3O5/c1-3-30-20(26)18-13(2)24(12-14-7-5-4-6-8-14)21(27)23-19(18)15-9-10-16(22)17(11-15)25(28)29/h4-11,19H,3,12H2,1-2H3,(H,23,27). The minimum absolute atomic E-state index is 0.0324. The van der Waals surface area contributed by atoms with Gasteiger partial charge in [0.15, 0.2) is 0 Å². The molecule has 3 rings (SSSR count). The normalized spacial score (nSPS) is 16.3. The molecule has 1 heterocycles. The Balaban J connectivity index is 2.07. The molecule has 9 heteroatoms. The second-order valence-electron chi connectivity index (χ2n) is 6.64. The fraction of sp³-hybridized carbons (Fsp3) is 0.238. The molecule has 8 nitrogen and oxygen atoms in total. The number of urea groups is 1. The Morgan fingerprint density at radius 1 is 1.27 bits per heavy atom. The fourth-order valence-corrected chi connectivity index (χ4v) is 3.50. The minimum Gasteiger partial charge on any atom is -0.463 e. The van der Waals surface area contributed by atoms with Crippen molar-refractivity contribution in [2.45, 2.75) is 26.4 Å². The number of nitrogens with one attached hydrogen (secondary N) is 1. The van der Waals surface area contributed by atoms with Crippen LogP contribution < -0.4 is 5.32 Å². The molecule has 2 amide bonds. The topological polar surface area (TPSA) is 102 Å². The van der Waals surface area contributed by atoms with Gasteiger partial charge in [0.25, 0.3) is 5.69 Å². The lowest BCUT2D eigenvalue weighted by molar-refractivity contribution is -0.384. The Labute approximate surface area is 178 Å². The van der Waals surface area contributed by atoms with E-state index in [-0.39, 0.29) is 29.4 Å². The SMILES string of the molecule is CCOC(=O)C1=C(C)N(Cc2ccccc2)C(=O)NC1c1ccc(Cl)c([N+](=O)[O-])c1. The lowest BCUT2D eigenvalue weighted by Crippen LogP contribution is -2.47. The molecule has 0 saturated heterocycles. The van der Waals surface area contributed by atoms with Crippen LogP contribution in [0.2, 0.25) is 5.02 Å². The third-order valence-corrected chi connectivity index (χ3v) is 5.09. The maximum atomic E-state index is 12.9. The predicted octanol–water partition coefficient (Wildman–Crippen LogP) is 4.35. The molecule has 1 N–H and O–H groups in total. The largest absolute Gasteiger partial charge is 0.463 e. The van der Waals surface area contributed by atoms with Crippen LogP contribution in [0, 0.1) is 10.1 Å². The maximum Gasteiger partial charge on any atom is 0.338 e. The van der Waals surface area contributed by atoms with Gasteiger partial charge in [-0.1, -0.05) is 48.0 Å². The van der Waals surface area contributed by atoms with Crippen molar-refractivity contribution in [1.29, 1.82) is 0 Å². The lowest BCUT2D eigenvalue weighted by Gasteiger charge is -2.35. The summed E-state index contributed by atoms with van der Waals surface area (Å²) < 4.78 is 5.20. The van der Waals surface area contributed by atoms with E-state index >= 15 is 0 Å². The van der Waals surface area contributed by atoms with Gasteiger partial charge in [-0.15, -0.1) is 0 Å². The van der Waals surface area contributed by atoms with Crippen LogP contribution in [0.25, 0.3) is 0 Å². The first-order valence-electron chi connectivity index (χ1n) is 9.27. The highest BCUT2D eigenvalue weighted by Gasteiger charge is 2.37.